The molecule has 1 N–H and O–H groups in total. The average molecular weight is 259 g/mol. The smallest absolute Gasteiger partial charge is 0.165 e. The SMILES string of the molecule is c1coc(CCNCc2cccc3c2OCCO3)c1. The Labute approximate surface area is 112 Å². The Kier molecular flexibility index (Phi) is 3.70. The minimum absolute atomic E-state index is 0.621. The van der Waals surface area contributed by atoms with Gasteiger partial charge in [-0.25, -0.2) is 0 Å². The van der Waals surface area contributed by atoms with E-state index in [1.807, 2.05) is 24.3 Å². The average Bonchev–Trinajstić information content (AvgIpc) is 2.97. The van der Waals surface area contributed by atoms with E-state index in [1.54, 1.807) is 6.26 Å². The molecule has 0 spiro atoms. The van der Waals surface area contributed by atoms with E-state index in [-0.39, 0.29) is 0 Å². The molecule has 0 radical (unpaired) electrons. The first-order valence-electron chi connectivity index (χ1n) is 6.54. The Morgan fingerprint density at radius 1 is 1.05 bits per heavy atom. The van der Waals surface area contributed by atoms with Crippen molar-refractivity contribution in [1.82, 2.24) is 5.32 Å². The van der Waals surface area contributed by atoms with Crippen LogP contribution in [0.15, 0.2) is 41.0 Å². The predicted molar refractivity (Wildman–Crippen MR) is 71.6 cm³/mol. The second-order valence-corrected chi connectivity index (χ2v) is 4.45. The van der Waals surface area contributed by atoms with Gasteiger partial charge in [0.2, 0.25) is 0 Å². The van der Waals surface area contributed by atoms with Crippen molar-refractivity contribution in [3.8, 4) is 11.5 Å². The lowest BCUT2D eigenvalue weighted by atomic mass is 10.1. The lowest BCUT2D eigenvalue weighted by Crippen LogP contribution is -2.20. The number of fused-ring (bicyclic) bond motifs is 1. The molecule has 0 atom stereocenters. The summed E-state index contributed by atoms with van der Waals surface area (Å²) < 4.78 is 16.5. The van der Waals surface area contributed by atoms with Crippen molar-refractivity contribution in [2.75, 3.05) is 19.8 Å². The monoisotopic (exact) mass is 259 g/mol. The van der Waals surface area contributed by atoms with E-state index in [0.29, 0.717) is 13.2 Å². The van der Waals surface area contributed by atoms with Crippen LogP contribution in [0.25, 0.3) is 0 Å². The molecule has 100 valence electrons. The van der Waals surface area contributed by atoms with Crippen molar-refractivity contribution in [2.24, 2.45) is 0 Å². The minimum atomic E-state index is 0.621. The number of benzene rings is 1. The molecule has 2 heterocycles. The van der Waals surface area contributed by atoms with Crippen molar-refractivity contribution < 1.29 is 13.9 Å². The third-order valence-corrected chi connectivity index (χ3v) is 3.09. The molecule has 0 fully saturated rings. The molecule has 0 unspecified atom stereocenters. The quantitative estimate of drug-likeness (QED) is 0.837. The Morgan fingerprint density at radius 2 is 2.00 bits per heavy atom. The number of furan rings is 1. The predicted octanol–water partition coefficient (Wildman–Crippen LogP) is 2.38. The normalized spacial score (nSPS) is 13.5. The van der Waals surface area contributed by atoms with Gasteiger partial charge in [0.15, 0.2) is 11.5 Å². The Balaban J connectivity index is 1.55. The molecule has 0 bridgehead atoms. The highest BCUT2D eigenvalue weighted by molar-refractivity contribution is 5.47. The first-order chi connectivity index (χ1) is 9.43. The molecule has 19 heavy (non-hydrogen) atoms. The van der Waals surface area contributed by atoms with Crippen molar-refractivity contribution in [3.05, 3.63) is 47.9 Å². The summed E-state index contributed by atoms with van der Waals surface area (Å²) in [6.45, 7) is 2.89. The standard InChI is InChI=1S/C15H17NO3/c1-3-12(15-14(5-1)18-9-10-19-15)11-16-7-6-13-4-2-8-17-13/h1-5,8,16H,6-7,9-11H2. The summed E-state index contributed by atoms with van der Waals surface area (Å²) in [6, 6.07) is 9.91. The first-order valence-corrected chi connectivity index (χ1v) is 6.54. The molecule has 1 aromatic heterocycles. The van der Waals surface area contributed by atoms with Gasteiger partial charge in [0.1, 0.15) is 19.0 Å². The van der Waals surface area contributed by atoms with Gasteiger partial charge in [-0.3, -0.25) is 0 Å². The van der Waals surface area contributed by atoms with Gasteiger partial charge < -0.3 is 19.2 Å². The van der Waals surface area contributed by atoms with Crippen molar-refractivity contribution in [3.63, 3.8) is 0 Å². The molecule has 0 saturated carbocycles. The third-order valence-electron chi connectivity index (χ3n) is 3.09. The lowest BCUT2D eigenvalue weighted by Gasteiger charge is -2.21. The van der Waals surface area contributed by atoms with Crippen LogP contribution in [0.1, 0.15) is 11.3 Å². The maximum absolute atomic E-state index is 5.67. The second kappa shape index (κ2) is 5.80. The molecular weight excluding hydrogens is 242 g/mol. The van der Waals surface area contributed by atoms with Gasteiger partial charge in [0, 0.05) is 25.1 Å². The summed E-state index contributed by atoms with van der Waals surface area (Å²) in [6.07, 6.45) is 2.59. The van der Waals surface area contributed by atoms with Crippen LogP contribution in [-0.4, -0.2) is 19.8 Å². The fraction of sp³-hybridized carbons (Fsp3) is 0.333. The lowest BCUT2D eigenvalue weighted by molar-refractivity contribution is 0.169. The number of hydrogen-bond donors (Lipinski definition) is 1. The van der Waals surface area contributed by atoms with E-state index in [4.69, 9.17) is 13.9 Å². The van der Waals surface area contributed by atoms with E-state index in [2.05, 4.69) is 11.4 Å². The van der Waals surface area contributed by atoms with Crippen molar-refractivity contribution in [1.29, 1.82) is 0 Å². The molecule has 2 aromatic rings. The van der Waals surface area contributed by atoms with Gasteiger partial charge >= 0.3 is 0 Å². The van der Waals surface area contributed by atoms with Crippen LogP contribution in [0.5, 0.6) is 11.5 Å². The zero-order chi connectivity index (χ0) is 12.9. The summed E-state index contributed by atoms with van der Waals surface area (Å²) in [4.78, 5) is 0. The Hall–Kier alpha value is -1.94. The van der Waals surface area contributed by atoms with Crippen LogP contribution in [0.3, 0.4) is 0 Å². The van der Waals surface area contributed by atoms with Crippen LogP contribution in [0.4, 0.5) is 0 Å². The maximum Gasteiger partial charge on any atom is 0.165 e. The van der Waals surface area contributed by atoms with E-state index in [9.17, 15) is 0 Å². The van der Waals surface area contributed by atoms with Gasteiger partial charge in [0.25, 0.3) is 0 Å². The van der Waals surface area contributed by atoms with Crippen LogP contribution in [0, 0.1) is 0 Å². The Bertz CT molecular complexity index is 522. The third kappa shape index (κ3) is 2.90. The number of rotatable bonds is 5. The molecule has 4 heteroatoms. The second-order valence-electron chi connectivity index (χ2n) is 4.45. The van der Waals surface area contributed by atoms with Gasteiger partial charge in [0.05, 0.1) is 6.26 Å². The largest absolute Gasteiger partial charge is 0.486 e. The highest BCUT2D eigenvalue weighted by Crippen LogP contribution is 2.33. The van der Waals surface area contributed by atoms with E-state index in [1.165, 1.54) is 0 Å². The van der Waals surface area contributed by atoms with Gasteiger partial charge in [-0.15, -0.1) is 0 Å². The zero-order valence-electron chi connectivity index (χ0n) is 10.7. The van der Waals surface area contributed by atoms with Crippen molar-refractivity contribution >= 4 is 0 Å². The van der Waals surface area contributed by atoms with Gasteiger partial charge in [-0.2, -0.15) is 0 Å². The van der Waals surface area contributed by atoms with Gasteiger partial charge in [-0.05, 0) is 18.2 Å². The molecule has 0 saturated heterocycles. The maximum atomic E-state index is 5.67. The number of nitrogens with one attached hydrogen (secondary N) is 1. The number of para-hydroxylation sites is 1. The van der Waals surface area contributed by atoms with Gasteiger partial charge in [-0.1, -0.05) is 12.1 Å². The molecule has 1 aliphatic heterocycles. The molecule has 3 rings (SSSR count). The molecule has 0 amide bonds. The summed E-state index contributed by atoms with van der Waals surface area (Å²) in [7, 11) is 0. The highest BCUT2D eigenvalue weighted by Gasteiger charge is 2.14. The van der Waals surface area contributed by atoms with Crippen molar-refractivity contribution in [2.45, 2.75) is 13.0 Å². The van der Waals surface area contributed by atoms with Crippen LogP contribution >= 0.6 is 0 Å². The number of ether oxygens (including phenoxy) is 2. The molecule has 1 aromatic carbocycles. The number of hydrogen-bond acceptors (Lipinski definition) is 4. The van der Waals surface area contributed by atoms with Crippen LogP contribution in [0.2, 0.25) is 0 Å². The fourth-order valence-corrected chi connectivity index (χ4v) is 2.16. The van der Waals surface area contributed by atoms with E-state index < -0.39 is 0 Å². The molecule has 0 aliphatic carbocycles. The molecule has 1 aliphatic rings. The van der Waals surface area contributed by atoms with Crippen LogP contribution in [-0.2, 0) is 13.0 Å². The van der Waals surface area contributed by atoms with E-state index in [0.717, 1.165) is 42.3 Å². The zero-order valence-corrected chi connectivity index (χ0v) is 10.7. The van der Waals surface area contributed by atoms with Crippen LogP contribution < -0.4 is 14.8 Å². The summed E-state index contributed by atoms with van der Waals surface area (Å²) >= 11 is 0. The first kappa shape index (κ1) is 12.1. The fourth-order valence-electron chi connectivity index (χ4n) is 2.16. The Morgan fingerprint density at radius 3 is 2.89 bits per heavy atom. The summed E-state index contributed by atoms with van der Waals surface area (Å²) in [5, 5.41) is 3.39. The summed E-state index contributed by atoms with van der Waals surface area (Å²) in [5.74, 6) is 2.72. The van der Waals surface area contributed by atoms with E-state index >= 15 is 0 Å². The molecule has 4 nitrogen and oxygen atoms in total. The summed E-state index contributed by atoms with van der Waals surface area (Å²) in [5.41, 5.74) is 1.14. The topological polar surface area (TPSA) is 43.6 Å². The molecular formula is C15H17NO3. The highest BCUT2D eigenvalue weighted by atomic mass is 16.6. The minimum Gasteiger partial charge on any atom is -0.486 e.